The highest BCUT2D eigenvalue weighted by atomic mass is 32.2. The van der Waals surface area contributed by atoms with Gasteiger partial charge in [0.1, 0.15) is 10.8 Å². The van der Waals surface area contributed by atoms with Crippen LogP contribution >= 0.6 is 11.8 Å². The number of nitrogens with two attached hydrogens (primary N) is 1. The summed E-state index contributed by atoms with van der Waals surface area (Å²) in [6, 6.07) is 5.35. The van der Waals surface area contributed by atoms with E-state index >= 15 is 0 Å². The number of hydrazine groups is 1. The zero-order chi connectivity index (χ0) is 13.5. The molecule has 0 aliphatic carbocycles. The van der Waals surface area contributed by atoms with Crippen LogP contribution in [0.15, 0.2) is 41.8 Å². The topological polar surface area (TPSA) is 106 Å². The Bertz CT molecular complexity index is 550. The Morgan fingerprint density at radius 1 is 1.21 bits per heavy atom. The molecule has 8 heteroatoms. The molecule has 0 aromatic carbocycles. The molecule has 0 unspecified atom stereocenters. The summed E-state index contributed by atoms with van der Waals surface area (Å²) in [6.45, 7) is 0. The maximum atomic E-state index is 11.6. The third-order valence-corrected chi connectivity index (χ3v) is 3.02. The summed E-state index contributed by atoms with van der Waals surface area (Å²) < 4.78 is 0. The van der Waals surface area contributed by atoms with Gasteiger partial charge in [0, 0.05) is 18.6 Å². The lowest BCUT2D eigenvalue weighted by Gasteiger charge is -2.07. The van der Waals surface area contributed by atoms with Crippen molar-refractivity contribution in [1.29, 1.82) is 0 Å². The molecule has 2 heterocycles. The number of rotatable bonds is 5. The zero-order valence-corrected chi connectivity index (χ0v) is 10.7. The Labute approximate surface area is 114 Å². The summed E-state index contributed by atoms with van der Waals surface area (Å²) in [5.74, 6) is 0.862. The van der Waals surface area contributed by atoms with Crippen LogP contribution < -0.4 is 16.6 Å². The van der Waals surface area contributed by atoms with Crippen molar-refractivity contribution in [3.63, 3.8) is 0 Å². The molecule has 0 atom stereocenters. The van der Waals surface area contributed by atoms with Crippen molar-refractivity contribution in [1.82, 2.24) is 20.4 Å². The number of carbonyl (C=O) groups excluding carboxylic acids is 1. The van der Waals surface area contributed by atoms with Crippen LogP contribution in [0.25, 0.3) is 0 Å². The first kappa shape index (κ1) is 13.1. The minimum Gasteiger partial charge on any atom is -0.381 e. The second kappa shape index (κ2) is 6.55. The van der Waals surface area contributed by atoms with Gasteiger partial charge in [-0.05, 0) is 12.1 Å². The highest BCUT2D eigenvalue weighted by Gasteiger charge is 2.06. The summed E-state index contributed by atoms with van der Waals surface area (Å²) in [5, 5.41) is 0.537. The number of aromatic nitrogens is 3. The molecule has 2 rings (SSSR count). The smallest absolute Gasteiger partial charge is 0.248 e. The number of hydrogen-bond acceptors (Lipinski definition) is 7. The van der Waals surface area contributed by atoms with E-state index in [9.17, 15) is 4.79 Å². The van der Waals surface area contributed by atoms with E-state index in [0.717, 1.165) is 0 Å². The molecule has 4 N–H and O–H groups in total. The van der Waals surface area contributed by atoms with Crippen molar-refractivity contribution in [2.75, 3.05) is 16.9 Å². The van der Waals surface area contributed by atoms with Crippen molar-refractivity contribution in [3.8, 4) is 0 Å². The van der Waals surface area contributed by atoms with Gasteiger partial charge in [0.05, 0.1) is 5.75 Å². The molecular weight excluding hydrogens is 264 g/mol. The summed E-state index contributed by atoms with van der Waals surface area (Å²) in [5.41, 5.74) is 10.9. The van der Waals surface area contributed by atoms with Gasteiger partial charge in [-0.25, -0.2) is 15.0 Å². The molecule has 0 fully saturated rings. The average Bonchev–Trinajstić information content (AvgIpc) is 2.45. The minimum absolute atomic E-state index is 0.183. The van der Waals surface area contributed by atoms with Gasteiger partial charge in [-0.2, -0.15) is 0 Å². The second-order valence-electron chi connectivity index (χ2n) is 3.42. The van der Waals surface area contributed by atoms with Crippen LogP contribution in [-0.4, -0.2) is 26.6 Å². The number of nitrogens with zero attached hydrogens (tertiary/aromatic N) is 3. The number of nitrogens with one attached hydrogen (secondary N) is 2. The monoisotopic (exact) mass is 276 g/mol. The van der Waals surface area contributed by atoms with Gasteiger partial charge in [0.15, 0.2) is 5.82 Å². The molecule has 0 aliphatic rings. The molecule has 2 aromatic rings. The third-order valence-electron chi connectivity index (χ3n) is 2.03. The van der Waals surface area contributed by atoms with Crippen molar-refractivity contribution in [2.24, 2.45) is 0 Å². The maximum Gasteiger partial charge on any atom is 0.248 e. The first-order valence-corrected chi connectivity index (χ1v) is 6.39. The van der Waals surface area contributed by atoms with Crippen LogP contribution in [0.3, 0.4) is 0 Å². The maximum absolute atomic E-state index is 11.6. The fraction of sp³-hybridized carbons (Fsp3) is 0.0909. The molecule has 19 heavy (non-hydrogen) atoms. The number of hydrogen-bond donors (Lipinski definition) is 3. The predicted molar refractivity (Wildman–Crippen MR) is 73.2 cm³/mol. The van der Waals surface area contributed by atoms with E-state index in [0.29, 0.717) is 16.7 Å². The first-order valence-electron chi connectivity index (χ1n) is 5.41. The highest BCUT2D eigenvalue weighted by Crippen LogP contribution is 2.18. The number of carbonyl (C=O) groups is 1. The van der Waals surface area contributed by atoms with Gasteiger partial charge < -0.3 is 5.73 Å². The molecule has 0 aliphatic heterocycles. The van der Waals surface area contributed by atoms with Crippen LogP contribution in [-0.2, 0) is 4.79 Å². The van der Waals surface area contributed by atoms with Crippen LogP contribution in [0, 0.1) is 0 Å². The Balaban J connectivity index is 1.78. The highest BCUT2D eigenvalue weighted by molar-refractivity contribution is 8.00. The standard InChI is InChI=1S/C11H12N6OS/c12-10-11(15-6-5-14-10)19-7-9(18)17-16-8-3-1-2-4-13-8/h1-6H,7H2,(H2,12,14)(H,13,16)(H,17,18). The molecule has 0 radical (unpaired) electrons. The lowest BCUT2D eigenvalue weighted by Crippen LogP contribution is -2.31. The van der Waals surface area contributed by atoms with Crippen LogP contribution in [0.1, 0.15) is 0 Å². The van der Waals surface area contributed by atoms with E-state index < -0.39 is 0 Å². The number of anilines is 2. The number of thioether (sulfide) groups is 1. The zero-order valence-electron chi connectivity index (χ0n) is 9.91. The SMILES string of the molecule is Nc1nccnc1SCC(=O)NNc1ccccn1. The molecule has 0 saturated heterocycles. The van der Waals surface area contributed by atoms with Crippen molar-refractivity contribution < 1.29 is 4.79 Å². The third kappa shape index (κ3) is 4.11. The van der Waals surface area contributed by atoms with E-state index in [1.807, 2.05) is 6.07 Å². The molecule has 98 valence electrons. The Morgan fingerprint density at radius 3 is 2.79 bits per heavy atom. The average molecular weight is 276 g/mol. The molecule has 0 saturated carbocycles. The van der Waals surface area contributed by atoms with Crippen LogP contribution in [0.2, 0.25) is 0 Å². The number of nitrogen functional groups attached to an aromatic ring is 1. The van der Waals surface area contributed by atoms with Crippen molar-refractivity contribution >= 4 is 29.3 Å². The molecule has 0 spiro atoms. The van der Waals surface area contributed by atoms with Gasteiger partial charge in [-0.1, -0.05) is 17.8 Å². The quantitative estimate of drug-likeness (QED) is 0.545. The summed E-state index contributed by atoms with van der Waals surface area (Å²) in [4.78, 5) is 23.5. The summed E-state index contributed by atoms with van der Waals surface area (Å²) >= 11 is 1.22. The van der Waals surface area contributed by atoms with Gasteiger partial charge >= 0.3 is 0 Å². The first-order chi connectivity index (χ1) is 9.25. The summed E-state index contributed by atoms with van der Waals surface area (Å²) in [6.07, 6.45) is 4.66. The molecule has 7 nitrogen and oxygen atoms in total. The van der Waals surface area contributed by atoms with E-state index in [1.54, 1.807) is 18.3 Å². The second-order valence-corrected chi connectivity index (χ2v) is 4.39. The fourth-order valence-electron chi connectivity index (χ4n) is 1.19. The van der Waals surface area contributed by atoms with E-state index in [1.165, 1.54) is 24.2 Å². The van der Waals surface area contributed by atoms with Crippen LogP contribution in [0.4, 0.5) is 11.6 Å². The van der Waals surface area contributed by atoms with Crippen LogP contribution in [0.5, 0.6) is 0 Å². The Kier molecular flexibility index (Phi) is 4.51. The van der Waals surface area contributed by atoms with E-state index in [-0.39, 0.29) is 11.7 Å². The van der Waals surface area contributed by atoms with E-state index in [2.05, 4.69) is 25.8 Å². The number of amides is 1. The normalized spacial score (nSPS) is 9.89. The molecule has 2 aromatic heterocycles. The van der Waals surface area contributed by atoms with Gasteiger partial charge in [-0.3, -0.25) is 15.6 Å². The minimum atomic E-state index is -0.208. The van der Waals surface area contributed by atoms with Gasteiger partial charge in [-0.15, -0.1) is 0 Å². The largest absolute Gasteiger partial charge is 0.381 e. The van der Waals surface area contributed by atoms with Crippen molar-refractivity contribution in [2.45, 2.75) is 5.03 Å². The number of pyridine rings is 1. The lowest BCUT2D eigenvalue weighted by molar-refractivity contribution is -0.118. The Morgan fingerprint density at radius 2 is 2.05 bits per heavy atom. The van der Waals surface area contributed by atoms with Gasteiger partial charge in [0.25, 0.3) is 0 Å². The van der Waals surface area contributed by atoms with Crippen molar-refractivity contribution in [3.05, 3.63) is 36.8 Å². The lowest BCUT2D eigenvalue weighted by atomic mass is 10.5. The van der Waals surface area contributed by atoms with Gasteiger partial charge in [0.2, 0.25) is 5.91 Å². The molecule has 0 bridgehead atoms. The summed E-state index contributed by atoms with van der Waals surface area (Å²) in [7, 11) is 0. The Hall–Kier alpha value is -2.35. The predicted octanol–water partition coefficient (Wildman–Crippen LogP) is 0.689. The molecule has 1 amide bonds. The molecular formula is C11H12N6OS. The van der Waals surface area contributed by atoms with E-state index in [4.69, 9.17) is 5.73 Å². The fourth-order valence-corrected chi connectivity index (χ4v) is 1.86.